The molecule has 1 aliphatic carbocycles. The number of carbonyl (C=O) groups excluding carboxylic acids is 4. The maximum atomic E-state index is 12.8. The van der Waals surface area contributed by atoms with Gasteiger partial charge in [-0.25, -0.2) is 9.59 Å². The number of anilines is 1. The summed E-state index contributed by atoms with van der Waals surface area (Å²) in [7, 11) is 0. The number of imide groups is 1. The molecule has 0 radical (unpaired) electrons. The van der Waals surface area contributed by atoms with Gasteiger partial charge in [0.05, 0.1) is 5.56 Å². The van der Waals surface area contributed by atoms with E-state index in [1.54, 1.807) is 24.3 Å². The normalized spacial score (nSPS) is 22.9. The van der Waals surface area contributed by atoms with E-state index in [1.165, 1.54) is 0 Å². The monoisotopic (exact) mass is 430 g/mol. The summed E-state index contributed by atoms with van der Waals surface area (Å²) in [4.78, 5) is 49.8. The Morgan fingerprint density at radius 1 is 1.23 bits per heavy atom. The molecule has 2 aliphatic rings. The number of hydrogen-bond donors (Lipinski definition) is 3. The van der Waals surface area contributed by atoms with Gasteiger partial charge in [-0.05, 0) is 50.2 Å². The highest BCUT2D eigenvalue weighted by molar-refractivity contribution is 6.08. The van der Waals surface area contributed by atoms with E-state index in [0.717, 1.165) is 25.7 Å². The van der Waals surface area contributed by atoms with Gasteiger partial charge in [0.2, 0.25) is 0 Å². The van der Waals surface area contributed by atoms with Crippen molar-refractivity contribution >= 4 is 29.5 Å². The summed E-state index contributed by atoms with van der Waals surface area (Å²) in [5.74, 6) is -1.38. The maximum Gasteiger partial charge on any atom is 0.344 e. The fourth-order valence-corrected chi connectivity index (χ4v) is 3.90. The minimum absolute atomic E-state index is 0.316. The van der Waals surface area contributed by atoms with E-state index < -0.39 is 36.0 Å². The highest BCUT2D eigenvalue weighted by atomic mass is 16.5. The maximum absolute atomic E-state index is 12.8. The lowest BCUT2D eigenvalue weighted by atomic mass is 9.77. The quantitative estimate of drug-likeness (QED) is 0.332. The van der Waals surface area contributed by atoms with Crippen molar-refractivity contribution in [3.63, 3.8) is 0 Å². The molecule has 0 atom stereocenters. The van der Waals surface area contributed by atoms with Crippen LogP contribution in [0, 0.1) is 5.92 Å². The topological polar surface area (TPSA) is 117 Å². The third kappa shape index (κ3) is 5.15. The van der Waals surface area contributed by atoms with Crippen molar-refractivity contribution in [3.05, 3.63) is 29.8 Å². The van der Waals surface area contributed by atoms with Crippen LogP contribution in [-0.4, -0.2) is 47.5 Å². The second kappa shape index (κ2) is 9.80. The number of hydrogen-bond acceptors (Lipinski definition) is 6. The van der Waals surface area contributed by atoms with Gasteiger partial charge in [0.15, 0.2) is 6.61 Å². The molecular formula is C22H30N4O5. The van der Waals surface area contributed by atoms with Gasteiger partial charge in [0.25, 0.3) is 11.8 Å². The molecule has 1 saturated carbocycles. The van der Waals surface area contributed by atoms with Crippen LogP contribution in [0.25, 0.3) is 0 Å². The molecule has 168 valence electrons. The Bertz CT molecular complexity index is 848. The van der Waals surface area contributed by atoms with Crippen LogP contribution in [0.15, 0.2) is 24.3 Å². The van der Waals surface area contributed by atoms with E-state index in [-0.39, 0.29) is 0 Å². The number of benzene rings is 1. The van der Waals surface area contributed by atoms with E-state index in [9.17, 15) is 19.2 Å². The van der Waals surface area contributed by atoms with Crippen LogP contribution in [0.3, 0.4) is 0 Å². The van der Waals surface area contributed by atoms with E-state index in [1.807, 2.05) is 0 Å². The first-order valence-corrected chi connectivity index (χ1v) is 10.8. The highest BCUT2D eigenvalue weighted by Gasteiger charge is 2.52. The number of nitrogens with zero attached hydrogens (tertiary/aromatic N) is 1. The molecule has 1 spiro atoms. The third-order valence-electron chi connectivity index (χ3n) is 5.85. The fourth-order valence-electron chi connectivity index (χ4n) is 3.90. The second-order valence-corrected chi connectivity index (χ2v) is 8.27. The number of hydrazine groups is 1. The van der Waals surface area contributed by atoms with Crippen LogP contribution >= 0.6 is 0 Å². The average molecular weight is 431 g/mol. The molecule has 0 aromatic heterocycles. The fraction of sp³-hybridized carbons (Fsp3) is 0.545. The minimum Gasteiger partial charge on any atom is -0.452 e. The Balaban J connectivity index is 1.54. The zero-order valence-corrected chi connectivity index (χ0v) is 18.0. The van der Waals surface area contributed by atoms with Crippen LogP contribution in [0.5, 0.6) is 0 Å². The average Bonchev–Trinajstić information content (AvgIpc) is 2.99. The molecule has 0 bridgehead atoms. The lowest BCUT2D eigenvalue weighted by Crippen LogP contribution is -2.52. The molecule has 9 heteroatoms. The number of ether oxygens (including phenoxy) is 1. The van der Waals surface area contributed by atoms with Gasteiger partial charge >= 0.3 is 12.0 Å². The Hall–Kier alpha value is -3.10. The molecule has 1 aromatic carbocycles. The van der Waals surface area contributed by atoms with Crippen molar-refractivity contribution in [2.75, 3.05) is 18.5 Å². The molecule has 1 aromatic rings. The summed E-state index contributed by atoms with van der Waals surface area (Å²) in [6.07, 6.45) is 4.72. The number of carbonyl (C=O) groups is 4. The van der Waals surface area contributed by atoms with Crippen LogP contribution in [0.4, 0.5) is 10.5 Å². The summed E-state index contributed by atoms with van der Waals surface area (Å²) in [6, 6.07) is 6.23. The lowest BCUT2D eigenvalue weighted by Gasteiger charge is -2.33. The summed E-state index contributed by atoms with van der Waals surface area (Å²) in [6.45, 7) is 4.29. The Morgan fingerprint density at radius 2 is 1.94 bits per heavy atom. The third-order valence-corrected chi connectivity index (χ3v) is 5.85. The van der Waals surface area contributed by atoms with Crippen LogP contribution in [0.2, 0.25) is 0 Å². The van der Waals surface area contributed by atoms with E-state index in [0.29, 0.717) is 41.6 Å². The Labute approximate surface area is 181 Å². The number of urea groups is 1. The number of amides is 4. The zero-order chi connectivity index (χ0) is 22.4. The first kappa shape index (κ1) is 22.6. The molecule has 3 N–H and O–H groups in total. The standard InChI is InChI=1S/C22H30N4O5/c1-3-4-13-23-17-8-6-5-7-16(17)19(28)31-14-18(27)25-26-20(29)22(24-21(26)30)11-9-15(2)10-12-22/h5-8,15,23H,3-4,9-14H2,1-2H3,(H,24,30)(H,25,27). The van der Waals surface area contributed by atoms with Crippen molar-refractivity contribution in [1.29, 1.82) is 0 Å². The van der Waals surface area contributed by atoms with Crippen molar-refractivity contribution in [3.8, 4) is 0 Å². The molecule has 4 amide bonds. The van der Waals surface area contributed by atoms with Gasteiger partial charge in [-0.2, -0.15) is 5.01 Å². The molecule has 0 unspecified atom stereocenters. The molecule has 2 fully saturated rings. The number of rotatable bonds is 8. The Kier molecular flexibility index (Phi) is 7.14. The SMILES string of the molecule is CCCCNc1ccccc1C(=O)OCC(=O)NN1C(=O)NC2(CCC(C)CC2)C1=O. The molecule has 1 heterocycles. The number of nitrogens with one attached hydrogen (secondary N) is 3. The van der Waals surface area contributed by atoms with Crippen molar-refractivity contribution in [1.82, 2.24) is 15.8 Å². The summed E-state index contributed by atoms with van der Waals surface area (Å²) in [5.41, 5.74) is 2.26. The van der Waals surface area contributed by atoms with Gasteiger partial charge in [-0.3, -0.25) is 15.0 Å². The molecule has 3 rings (SSSR count). The largest absolute Gasteiger partial charge is 0.452 e. The number of para-hydroxylation sites is 1. The molecule has 9 nitrogen and oxygen atoms in total. The van der Waals surface area contributed by atoms with Crippen LogP contribution < -0.4 is 16.1 Å². The minimum atomic E-state index is -0.948. The van der Waals surface area contributed by atoms with E-state index in [4.69, 9.17) is 4.74 Å². The molecule has 31 heavy (non-hydrogen) atoms. The molecule has 1 saturated heterocycles. The first-order valence-electron chi connectivity index (χ1n) is 10.8. The predicted molar refractivity (Wildman–Crippen MR) is 114 cm³/mol. The van der Waals surface area contributed by atoms with E-state index in [2.05, 4.69) is 29.9 Å². The highest BCUT2D eigenvalue weighted by Crippen LogP contribution is 2.35. The summed E-state index contributed by atoms with van der Waals surface area (Å²) in [5, 5.41) is 6.61. The van der Waals surface area contributed by atoms with Gasteiger partial charge < -0.3 is 15.4 Å². The van der Waals surface area contributed by atoms with Gasteiger partial charge in [-0.15, -0.1) is 0 Å². The molecule has 1 aliphatic heterocycles. The number of esters is 1. The predicted octanol–water partition coefficient (Wildman–Crippen LogP) is 2.59. The number of unbranched alkanes of at least 4 members (excludes halogenated alkanes) is 1. The lowest BCUT2D eigenvalue weighted by molar-refractivity contribution is -0.141. The van der Waals surface area contributed by atoms with Gasteiger partial charge in [-0.1, -0.05) is 32.4 Å². The summed E-state index contributed by atoms with van der Waals surface area (Å²) >= 11 is 0. The first-order chi connectivity index (χ1) is 14.9. The van der Waals surface area contributed by atoms with E-state index >= 15 is 0 Å². The van der Waals surface area contributed by atoms with Crippen molar-refractivity contribution in [2.24, 2.45) is 5.92 Å². The molecular weight excluding hydrogens is 400 g/mol. The van der Waals surface area contributed by atoms with Gasteiger partial charge in [0.1, 0.15) is 5.54 Å². The smallest absolute Gasteiger partial charge is 0.344 e. The Morgan fingerprint density at radius 3 is 2.65 bits per heavy atom. The van der Waals surface area contributed by atoms with Crippen molar-refractivity contribution < 1.29 is 23.9 Å². The van der Waals surface area contributed by atoms with Crippen molar-refractivity contribution in [2.45, 2.75) is 57.9 Å². The zero-order valence-electron chi connectivity index (χ0n) is 18.0. The summed E-state index contributed by atoms with van der Waals surface area (Å²) < 4.78 is 5.11. The van der Waals surface area contributed by atoms with Crippen LogP contribution in [-0.2, 0) is 14.3 Å². The second-order valence-electron chi connectivity index (χ2n) is 8.27. The van der Waals surface area contributed by atoms with Crippen LogP contribution in [0.1, 0.15) is 62.7 Å². The van der Waals surface area contributed by atoms with Gasteiger partial charge in [0, 0.05) is 12.2 Å².